The van der Waals surface area contributed by atoms with Gasteiger partial charge < -0.3 is 24.0 Å². The van der Waals surface area contributed by atoms with Crippen molar-refractivity contribution in [1.82, 2.24) is 19.7 Å². The van der Waals surface area contributed by atoms with Gasteiger partial charge in [-0.25, -0.2) is 9.48 Å². The molecule has 0 radical (unpaired) electrons. The number of piperidine rings is 1. The van der Waals surface area contributed by atoms with Crippen molar-refractivity contribution in [3.63, 3.8) is 0 Å². The molecule has 0 bridgehead atoms. The molecule has 1 amide bonds. The molecule has 0 atom stereocenters. The molecule has 42 heavy (non-hydrogen) atoms. The van der Waals surface area contributed by atoms with Crippen molar-refractivity contribution in [2.24, 2.45) is 0 Å². The molecule has 0 spiro atoms. The third-order valence-corrected chi connectivity index (χ3v) is 8.70. The fourth-order valence-electron chi connectivity index (χ4n) is 4.76. The average molecular weight is 612 g/mol. The number of carbonyl (C=O) groups is 1. The first-order valence-corrected chi connectivity index (χ1v) is 17.8. The molecule has 0 aliphatic carbocycles. The van der Waals surface area contributed by atoms with E-state index < -0.39 is 31.0 Å². The van der Waals surface area contributed by atoms with E-state index in [4.69, 9.17) is 14.2 Å². The lowest BCUT2D eigenvalue weighted by Gasteiger charge is -2.33. The number of rotatable bonds is 8. The predicted molar refractivity (Wildman–Crippen MR) is 153 cm³/mol. The van der Waals surface area contributed by atoms with Gasteiger partial charge in [-0.1, -0.05) is 19.6 Å². The maximum atomic E-state index is 14.1. The van der Waals surface area contributed by atoms with E-state index in [-0.39, 0.29) is 37.7 Å². The number of likely N-dealkylation sites (tertiary alicyclic amines) is 1. The van der Waals surface area contributed by atoms with Crippen molar-refractivity contribution < 1.29 is 32.2 Å². The number of alkyl halides is 3. The van der Waals surface area contributed by atoms with Gasteiger partial charge in [0.05, 0.1) is 30.3 Å². The average Bonchev–Trinajstić information content (AvgIpc) is 3.28. The standard InChI is InChI=1S/C28H40F3N5O5Si/c1-27(2,3)41-26(38)34-9-7-20(8-10-34)40-21-13-19-16-35(17-22(19)32-14-21)23-15-33-36(18-39-11-12-42(4,5)6)25(37)24(23)28(29,30)31/h13-15,20H,7-12,16-18H2,1-6H3. The van der Waals surface area contributed by atoms with Gasteiger partial charge in [-0.3, -0.25) is 9.78 Å². The number of halogens is 3. The first-order valence-electron chi connectivity index (χ1n) is 14.1. The van der Waals surface area contributed by atoms with E-state index in [1.807, 2.05) is 20.8 Å². The Hall–Kier alpha value is -3.13. The zero-order chi connectivity index (χ0) is 30.9. The zero-order valence-corrected chi connectivity index (χ0v) is 26.1. The number of carbonyl (C=O) groups excluding carboxylic acids is 1. The van der Waals surface area contributed by atoms with E-state index in [1.165, 1.54) is 4.90 Å². The van der Waals surface area contributed by atoms with Gasteiger partial charge in [-0.2, -0.15) is 18.3 Å². The van der Waals surface area contributed by atoms with Gasteiger partial charge in [0, 0.05) is 47.2 Å². The Morgan fingerprint density at radius 3 is 2.40 bits per heavy atom. The second-order valence-electron chi connectivity index (χ2n) is 13.0. The second kappa shape index (κ2) is 12.2. The Morgan fingerprint density at radius 2 is 1.79 bits per heavy atom. The van der Waals surface area contributed by atoms with Crippen LogP contribution >= 0.6 is 0 Å². The summed E-state index contributed by atoms with van der Waals surface area (Å²) in [6.07, 6.45) is -1.50. The number of anilines is 1. The molecular formula is C28H40F3N5O5Si. The van der Waals surface area contributed by atoms with Crippen molar-refractivity contribution in [1.29, 1.82) is 0 Å². The van der Waals surface area contributed by atoms with Crippen LogP contribution in [0.1, 0.15) is 50.4 Å². The van der Waals surface area contributed by atoms with Crippen LogP contribution in [0.15, 0.2) is 23.3 Å². The third-order valence-electron chi connectivity index (χ3n) is 6.99. The molecule has 0 aromatic carbocycles. The van der Waals surface area contributed by atoms with Gasteiger partial charge in [0.2, 0.25) is 0 Å². The summed E-state index contributed by atoms with van der Waals surface area (Å²) >= 11 is 0. The van der Waals surface area contributed by atoms with Crippen molar-refractivity contribution in [3.05, 3.63) is 45.6 Å². The number of nitrogens with zero attached hydrogens (tertiary/aromatic N) is 5. The molecule has 2 aromatic rings. The Morgan fingerprint density at radius 1 is 1.10 bits per heavy atom. The first kappa shape index (κ1) is 31.8. The minimum atomic E-state index is -4.87. The number of ether oxygens (including phenoxy) is 3. The maximum absolute atomic E-state index is 14.1. The molecule has 2 aromatic heterocycles. The summed E-state index contributed by atoms with van der Waals surface area (Å²) in [5, 5.41) is 3.99. The van der Waals surface area contributed by atoms with Crippen LogP contribution in [0, 0.1) is 0 Å². The van der Waals surface area contributed by atoms with Gasteiger partial charge in [-0.15, -0.1) is 0 Å². The molecule has 4 heterocycles. The highest BCUT2D eigenvalue weighted by molar-refractivity contribution is 6.76. The van der Waals surface area contributed by atoms with Crippen LogP contribution in [-0.4, -0.2) is 65.2 Å². The Bertz CT molecular complexity index is 1330. The van der Waals surface area contributed by atoms with E-state index >= 15 is 0 Å². The zero-order valence-electron chi connectivity index (χ0n) is 25.1. The molecule has 2 aliphatic heterocycles. The summed E-state index contributed by atoms with van der Waals surface area (Å²) < 4.78 is 60.1. The van der Waals surface area contributed by atoms with Crippen molar-refractivity contribution in [3.8, 4) is 5.75 Å². The maximum Gasteiger partial charge on any atom is 0.423 e. The number of pyridine rings is 1. The van der Waals surface area contributed by atoms with Crippen LogP contribution in [-0.2, 0) is 35.5 Å². The number of hydrogen-bond acceptors (Lipinski definition) is 8. The normalized spacial score (nSPS) is 16.5. The molecule has 0 unspecified atom stereocenters. The largest absolute Gasteiger partial charge is 0.489 e. The van der Waals surface area contributed by atoms with E-state index in [0.29, 0.717) is 49.5 Å². The van der Waals surface area contributed by atoms with Crippen LogP contribution in [0.5, 0.6) is 5.75 Å². The molecule has 1 saturated heterocycles. The summed E-state index contributed by atoms with van der Waals surface area (Å²) in [6, 6.07) is 2.60. The molecule has 0 N–H and O–H groups in total. The summed E-state index contributed by atoms with van der Waals surface area (Å²) in [4.78, 5) is 32.7. The molecule has 4 rings (SSSR count). The van der Waals surface area contributed by atoms with Crippen molar-refractivity contribution in [2.75, 3.05) is 24.6 Å². The van der Waals surface area contributed by atoms with Gasteiger partial charge in [0.1, 0.15) is 29.7 Å². The highest BCUT2D eigenvalue weighted by Gasteiger charge is 2.40. The topological polar surface area (TPSA) is 99.0 Å². The number of hydrogen-bond donors (Lipinski definition) is 0. The fraction of sp³-hybridized carbons (Fsp3) is 0.643. The van der Waals surface area contributed by atoms with E-state index in [1.54, 1.807) is 17.2 Å². The smallest absolute Gasteiger partial charge is 0.423 e. The van der Waals surface area contributed by atoms with Crippen LogP contribution in [0.2, 0.25) is 25.7 Å². The van der Waals surface area contributed by atoms with Crippen LogP contribution in [0.25, 0.3) is 0 Å². The molecule has 2 aliphatic rings. The minimum absolute atomic E-state index is 0.102. The third kappa shape index (κ3) is 8.24. The summed E-state index contributed by atoms with van der Waals surface area (Å²) in [6.45, 7) is 13.2. The SMILES string of the molecule is CC(C)(C)OC(=O)N1CCC(Oc2cnc3c(c2)CN(c2cnn(COCC[Si](C)(C)C)c(=O)c2C(F)(F)F)C3)CC1. The van der Waals surface area contributed by atoms with E-state index in [0.717, 1.165) is 16.9 Å². The molecule has 10 nitrogen and oxygen atoms in total. The summed E-state index contributed by atoms with van der Waals surface area (Å²) in [7, 11) is -1.39. The van der Waals surface area contributed by atoms with E-state index in [9.17, 15) is 22.8 Å². The molecular weight excluding hydrogens is 571 g/mol. The monoisotopic (exact) mass is 611 g/mol. The predicted octanol–water partition coefficient (Wildman–Crippen LogP) is 5.27. The lowest BCUT2D eigenvalue weighted by molar-refractivity contribution is -0.138. The Kier molecular flexibility index (Phi) is 9.26. The van der Waals surface area contributed by atoms with Gasteiger partial charge in [0.15, 0.2) is 0 Å². The first-order chi connectivity index (χ1) is 19.5. The minimum Gasteiger partial charge on any atom is -0.489 e. The summed E-state index contributed by atoms with van der Waals surface area (Å²) in [5.41, 5.74) is -2.05. The quantitative estimate of drug-likeness (QED) is 0.294. The fourth-order valence-corrected chi connectivity index (χ4v) is 5.51. The van der Waals surface area contributed by atoms with Gasteiger partial charge >= 0.3 is 12.3 Å². The Balaban J connectivity index is 1.41. The van der Waals surface area contributed by atoms with Gasteiger partial charge in [0.25, 0.3) is 5.56 Å². The summed E-state index contributed by atoms with van der Waals surface area (Å²) in [5.74, 6) is 0.506. The number of amides is 1. The Labute approximate surface area is 244 Å². The molecule has 232 valence electrons. The molecule has 1 fully saturated rings. The van der Waals surface area contributed by atoms with Crippen molar-refractivity contribution in [2.45, 2.75) is 97.0 Å². The van der Waals surface area contributed by atoms with Gasteiger partial charge in [-0.05, 0) is 38.4 Å². The van der Waals surface area contributed by atoms with Crippen LogP contribution in [0.4, 0.5) is 23.7 Å². The highest BCUT2D eigenvalue weighted by Crippen LogP contribution is 2.37. The van der Waals surface area contributed by atoms with E-state index in [2.05, 4.69) is 29.7 Å². The highest BCUT2D eigenvalue weighted by atomic mass is 28.3. The second-order valence-corrected chi connectivity index (χ2v) is 18.6. The lowest BCUT2D eigenvalue weighted by Crippen LogP contribution is -2.44. The van der Waals surface area contributed by atoms with Crippen LogP contribution < -0.4 is 15.2 Å². The molecule has 14 heteroatoms. The number of fused-ring (bicyclic) bond motifs is 1. The number of aromatic nitrogens is 3. The van der Waals surface area contributed by atoms with Crippen molar-refractivity contribution >= 4 is 19.9 Å². The lowest BCUT2D eigenvalue weighted by atomic mass is 10.1. The van der Waals surface area contributed by atoms with Crippen LogP contribution in [0.3, 0.4) is 0 Å². The molecule has 0 saturated carbocycles.